The quantitative estimate of drug-likeness (QED) is 0.861. The van der Waals surface area contributed by atoms with Crippen LogP contribution in [0, 0.1) is 0 Å². The second-order valence-corrected chi connectivity index (χ2v) is 4.88. The Morgan fingerprint density at radius 3 is 2.86 bits per heavy atom. The van der Waals surface area contributed by atoms with Crippen LogP contribution < -0.4 is 4.74 Å². The Labute approximate surface area is 123 Å². The third-order valence-corrected chi connectivity index (χ3v) is 3.43. The molecule has 0 aromatic carbocycles. The van der Waals surface area contributed by atoms with Gasteiger partial charge in [0.2, 0.25) is 5.88 Å². The zero-order valence-corrected chi connectivity index (χ0v) is 12.0. The van der Waals surface area contributed by atoms with Gasteiger partial charge in [0.05, 0.1) is 13.7 Å². The average molecular weight is 293 g/mol. The number of hydrogen-bond acceptors (Lipinski definition) is 5. The van der Waals surface area contributed by atoms with Gasteiger partial charge in [-0.1, -0.05) is 0 Å². The number of rotatable bonds is 4. The molecule has 0 spiro atoms. The summed E-state index contributed by atoms with van der Waals surface area (Å²) in [5.74, 6) is -0.657. The van der Waals surface area contributed by atoms with E-state index >= 15 is 0 Å². The molecule has 0 bridgehead atoms. The van der Waals surface area contributed by atoms with E-state index in [0.29, 0.717) is 37.6 Å². The van der Waals surface area contributed by atoms with Gasteiger partial charge in [0.1, 0.15) is 5.56 Å². The second kappa shape index (κ2) is 7.03. The molecule has 7 heteroatoms. The number of carbonyl (C=O) groups excluding carboxylic acids is 1. The van der Waals surface area contributed by atoms with Crippen LogP contribution in [0.4, 0.5) is 0 Å². The van der Waals surface area contributed by atoms with Crippen LogP contribution in [0.15, 0.2) is 18.3 Å². The summed E-state index contributed by atoms with van der Waals surface area (Å²) in [5, 5.41) is 8.83. The van der Waals surface area contributed by atoms with Gasteiger partial charge in [-0.25, -0.2) is 4.98 Å². The minimum absolute atomic E-state index is 0.0121. The molecule has 7 nitrogen and oxygen atoms in total. The molecule has 2 heterocycles. The van der Waals surface area contributed by atoms with Crippen molar-refractivity contribution in [2.75, 3.05) is 39.8 Å². The van der Waals surface area contributed by atoms with E-state index in [2.05, 4.69) is 4.98 Å². The fourth-order valence-corrected chi connectivity index (χ4v) is 2.41. The highest BCUT2D eigenvalue weighted by atomic mass is 16.5. The standard InChI is InChI=1S/C14H19N3O4/c1-21-13-11(4-2-5-15-13)14(20)17-7-3-6-16(8-9-17)10-12(18)19/h2,4-5H,3,6-10H2,1H3,(H,18,19). The third kappa shape index (κ3) is 3.91. The van der Waals surface area contributed by atoms with Gasteiger partial charge in [-0.3, -0.25) is 14.5 Å². The smallest absolute Gasteiger partial charge is 0.317 e. The molecular formula is C14H19N3O4. The Hall–Kier alpha value is -2.15. The normalized spacial score (nSPS) is 16.3. The summed E-state index contributed by atoms with van der Waals surface area (Å²) in [4.78, 5) is 30.9. The SMILES string of the molecule is COc1ncccc1C(=O)N1CCCN(CC(=O)O)CC1. The molecule has 1 amide bonds. The van der Waals surface area contributed by atoms with Crippen LogP contribution in [-0.2, 0) is 4.79 Å². The number of carboxylic acid groups (broad SMARTS) is 1. The van der Waals surface area contributed by atoms with Crippen molar-refractivity contribution in [1.82, 2.24) is 14.8 Å². The predicted octanol–water partition coefficient (Wildman–Crippen LogP) is 0.323. The third-order valence-electron chi connectivity index (χ3n) is 3.43. The molecule has 1 aromatic rings. The lowest BCUT2D eigenvalue weighted by Crippen LogP contribution is -2.36. The summed E-state index contributed by atoms with van der Waals surface area (Å²) < 4.78 is 5.12. The maximum absolute atomic E-state index is 12.5. The zero-order valence-electron chi connectivity index (χ0n) is 12.0. The van der Waals surface area contributed by atoms with Crippen LogP contribution in [0.25, 0.3) is 0 Å². The highest BCUT2D eigenvalue weighted by molar-refractivity contribution is 5.96. The van der Waals surface area contributed by atoms with Crippen molar-refractivity contribution in [2.24, 2.45) is 0 Å². The number of methoxy groups -OCH3 is 1. The summed E-state index contributed by atoms with van der Waals surface area (Å²) >= 11 is 0. The Morgan fingerprint density at radius 2 is 2.14 bits per heavy atom. The van der Waals surface area contributed by atoms with Crippen molar-refractivity contribution < 1.29 is 19.4 Å². The van der Waals surface area contributed by atoms with Crippen molar-refractivity contribution in [1.29, 1.82) is 0 Å². The molecular weight excluding hydrogens is 274 g/mol. The first-order valence-electron chi connectivity index (χ1n) is 6.84. The minimum Gasteiger partial charge on any atom is -0.480 e. The van der Waals surface area contributed by atoms with E-state index in [-0.39, 0.29) is 12.5 Å². The predicted molar refractivity (Wildman–Crippen MR) is 75.4 cm³/mol. The average Bonchev–Trinajstić information content (AvgIpc) is 2.71. The number of nitrogens with zero attached hydrogens (tertiary/aromatic N) is 3. The summed E-state index contributed by atoms with van der Waals surface area (Å²) in [5.41, 5.74) is 0.437. The summed E-state index contributed by atoms with van der Waals surface area (Å²) in [6.07, 6.45) is 2.33. The Balaban J connectivity index is 2.05. The van der Waals surface area contributed by atoms with Crippen molar-refractivity contribution in [3.05, 3.63) is 23.9 Å². The van der Waals surface area contributed by atoms with E-state index in [9.17, 15) is 9.59 Å². The van der Waals surface area contributed by atoms with Gasteiger partial charge in [-0.05, 0) is 18.6 Å². The first kappa shape index (κ1) is 15.2. The molecule has 1 fully saturated rings. The largest absolute Gasteiger partial charge is 0.480 e. The lowest BCUT2D eigenvalue weighted by molar-refractivity contribution is -0.138. The molecule has 0 aliphatic carbocycles. The van der Waals surface area contributed by atoms with E-state index in [4.69, 9.17) is 9.84 Å². The Morgan fingerprint density at radius 1 is 1.33 bits per heavy atom. The van der Waals surface area contributed by atoms with E-state index < -0.39 is 5.97 Å². The van der Waals surface area contributed by atoms with Gasteiger partial charge in [-0.15, -0.1) is 0 Å². The van der Waals surface area contributed by atoms with Crippen molar-refractivity contribution in [3.63, 3.8) is 0 Å². The van der Waals surface area contributed by atoms with Gasteiger partial charge < -0.3 is 14.7 Å². The second-order valence-electron chi connectivity index (χ2n) is 4.88. The molecule has 1 saturated heterocycles. The molecule has 21 heavy (non-hydrogen) atoms. The van der Waals surface area contributed by atoms with Crippen molar-refractivity contribution in [2.45, 2.75) is 6.42 Å². The van der Waals surface area contributed by atoms with Gasteiger partial charge in [-0.2, -0.15) is 0 Å². The first-order chi connectivity index (χ1) is 10.1. The van der Waals surface area contributed by atoms with Crippen LogP contribution in [-0.4, -0.2) is 71.6 Å². The van der Waals surface area contributed by atoms with Crippen LogP contribution in [0.1, 0.15) is 16.8 Å². The molecule has 0 saturated carbocycles. The Bertz CT molecular complexity index is 521. The number of hydrogen-bond donors (Lipinski definition) is 1. The van der Waals surface area contributed by atoms with Gasteiger partial charge in [0.15, 0.2) is 0 Å². The van der Waals surface area contributed by atoms with Gasteiger partial charge in [0, 0.05) is 32.4 Å². The fourth-order valence-electron chi connectivity index (χ4n) is 2.41. The molecule has 2 rings (SSSR count). The lowest BCUT2D eigenvalue weighted by Gasteiger charge is -2.21. The topological polar surface area (TPSA) is 83.0 Å². The van der Waals surface area contributed by atoms with E-state index in [0.717, 1.165) is 6.42 Å². The highest BCUT2D eigenvalue weighted by Gasteiger charge is 2.23. The molecule has 0 unspecified atom stereocenters. The molecule has 0 radical (unpaired) electrons. The fraction of sp³-hybridized carbons (Fsp3) is 0.500. The summed E-state index contributed by atoms with van der Waals surface area (Å²) in [7, 11) is 1.48. The summed E-state index contributed by atoms with van der Waals surface area (Å²) in [6.45, 7) is 2.36. The number of aliphatic carboxylic acids is 1. The number of carboxylic acids is 1. The number of carbonyl (C=O) groups is 2. The van der Waals surface area contributed by atoms with Crippen LogP contribution >= 0.6 is 0 Å². The highest BCUT2D eigenvalue weighted by Crippen LogP contribution is 2.17. The number of pyridine rings is 1. The van der Waals surface area contributed by atoms with Crippen LogP contribution in [0.3, 0.4) is 0 Å². The zero-order chi connectivity index (χ0) is 15.2. The molecule has 0 atom stereocenters. The van der Waals surface area contributed by atoms with Crippen molar-refractivity contribution in [3.8, 4) is 5.88 Å². The Kier molecular flexibility index (Phi) is 5.10. The maximum Gasteiger partial charge on any atom is 0.317 e. The molecule has 1 aliphatic rings. The number of aromatic nitrogens is 1. The van der Waals surface area contributed by atoms with E-state index in [1.54, 1.807) is 23.2 Å². The van der Waals surface area contributed by atoms with Crippen LogP contribution in [0.5, 0.6) is 5.88 Å². The molecule has 1 N–H and O–H groups in total. The molecule has 1 aromatic heterocycles. The van der Waals surface area contributed by atoms with Gasteiger partial charge >= 0.3 is 5.97 Å². The summed E-state index contributed by atoms with van der Waals surface area (Å²) in [6, 6.07) is 3.39. The van der Waals surface area contributed by atoms with Crippen LogP contribution in [0.2, 0.25) is 0 Å². The lowest BCUT2D eigenvalue weighted by atomic mass is 10.2. The van der Waals surface area contributed by atoms with Crippen molar-refractivity contribution >= 4 is 11.9 Å². The first-order valence-corrected chi connectivity index (χ1v) is 6.84. The van der Waals surface area contributed by atoms with Gasteiger partial charge in [0.25, 0.3) is 5.91 Å². The van der Waals surface area contributed by atoms with E-state index in [1.165, 1.54) is 7.11 Å². The minimum atomic E-state index is -0.844. The van der Waals surface area contributed by atoms with E-state index in [1.807, 2.05) is 4.90 Å². The monoisotopic (exact) mass is 293 g/mol. The molecule has 114 valence electrons. The number of amides is 1. The number of ether oxygens (including phenoxy) is 1. The molecule has 1 aliphatic heterocycles. The maximum atomic E-state index is 12.5.